The number of rotatable bonds is 3. The molecule has 2 atom stereocenters. The lowest BCUT2D eigenvalue weighted by Gasteiger charge is -2.34. The van der Waals surface area contributed by atoms with E-state index in [9.17, 15) is 4.79 Å². The number of hydrogen-bond acceptors (Lipinski definition) is 4. The van der Waals surface area contributed by atoms with Crippen LogP contribution in [0.1, 0.15) is 54.2 Å². The lowest BCUT2D eigenvalue weighted by Crippen LogP contribution is -2.39. The number of ketones is 1. The van der Waals surface area contributed by atoms with Crippen LogP contribution in [0, 0.1) is 5.92 Å². The van der Waals surface area contributed by atoms with Crippen LogP contribution in [0.2, 0.25) is 0 Å². The van der Waals surface area contributed by atoms with E-state index in [1.165, 1.54) is 19.3 Å². The summed E-state index contributed by atoms with van der Waals surface area (Å²) in [5.74, 6) is 1.15. The van der Waals surface area contributed by atoms with Crippen molar-refractivity contribution in [3.05, 3.63) is 59.4 Å². The van der Waals surface area contributed by atoms with E-state index in [0.717, 1.165) is 30.2 Å². The number of carbonyl (C=O) groups is 1. The number of hydrogen-bond donors (Lipinski definition) is 0. The minimum atomic E-state index is 0.159. The molecule has 0 amide bonds. The molecule has 0 spiro atoms. The maximum Gasteiger partial charge on any atom is 0.225 e. The van der Waals surface area contributed by atoms with Crippen molar-refractivity contribution < 1.29 is 4.79 Å². The third kappa shape index (κ3) is 3.55. The maximum absolute atomic E-state index is 12.5. The van der Waals surface area contributed by atoms with E-state index in [-0.39, 0.29) is 11.7 Å². The molecule has 4 rings (SSSR count). The van der Waals surface area contributed by atoms with E-state index < -0.39 is 0 Å². The van der Waals surface area contributed by atoms with Gasteiger partial charge in [-0.1, -0.05) is 42.5 Å². The fourth-order valence-electron chi connectivity index (χ4n) is 3.94. The average molecular weight is 347 g/mol. The fourth-order valence-corrected chi connectivity index (χ4v) is 3.94. The number of Topliss-reactive ketones (excluding diaryl/α,β-unsaturated/α-hetero) is 1. The molecule has 134 valence electrons. The van der Waals surface area contributed by atoms with Crippen molar-refractivity contribution in [2.75, 3.05) is 11.4 Å². The van der Waals surface area contributed by atoms with Crippen LogP contribution in [-0.2, 0) is 6.42 Å². The van der Waals surface area contributed by atoms with Crippen LogP contribution in [0.5, 0.6) is 0 Å². The second-order valence-electron chi connectivity index (χ2n) is 7.43. The Morgan fingerprint density at radius 2 is 2.00 bits per heavy atom. The molecule has 2 aromatic rings. The van der Waals surface area contributed by atoms with Crippen LogP contribution in [0.25, 0.3) is 6.08 Å². The molecule has 4 heteroatoms. The lowest BCUT2D eigenvalue weighted by atomic mass is 9.86. The topological polar surface area (TPSA) is 46.1 Å². The van der Waals surface area contributed by atoms with Gasteiger partial charge in [0.25, 0.3) is 0 Å². The number of nitrogens with zero attached hydrogens (tertiary/aromatic N) is 3. The molecule has 1 fully saturated rings. The number of piperidine rings is 1. The van der Waals surface area contributed by atoms with Gasteiger partial charge in [0.05, 0.1) is 11.3 Å². The first-order valence-corrected chi connectivity index (χ1v) is 9.60. The summed E-state index contributed by atoms with van der Waals surface area (Å²) < 4.78 is 0. The van der Waals surface area contributed by atoms with E-state index in [1.54, 1.807) is 6.20 Å². The highest BCUT2D eigenvalue weighted by molar-refractivity contribution is 5.98. The molecule has 0 unspecified atom stereocenters. The minimum Gasteiger partial charge on any atom is -0.338 e. The summed E-state index contributed by atoms with van der Waals surface area (Å²) >= 11 is 0. The Morgan fingerprint density at radius 3 is 2.81 bits per heavy atom. The molecule has 0 radical (unpaired) electrons. The monoisotopic (exact) mass is 347 g/mol. The predicted molar refractivity (Wildman–Crippen MR) is 104 cm³/mol. The number of allylic oxidation sites excluding steroid dienone is 1. The SMILES string of the molecule is C[C@@H]1CCCCN1c1ncc2c(n1)C[C@@H](/C=C/c1ccccc1)CC2=O. The van der Waals surface area contributed by atoms with Crippen LogP contribution in [0.3, 0.4) is 0 Å². The van der Waals surface area contributed by atoms with E-state index in [2.05, 4.69) is 41.1 Å². The molecule has 0 bridgehead atoms. The summed E-state index contributed by atoms with van der Waals surface area (Å²) in [5.41, 5.74) is 2.78. The molecule has 4 nitrogen and oxygen atoms in total. The highest BCUT2D eigenvalue weighted by Crippen LogP contribution is 2.28. The molecule has 2 heterocycles. The van der Waals surface area contributed by atoms with Gasteiger partial charge in [0.2, 0.25) is 5.95 Å². The Bertz CT molecular complexity index is 815. The number of benzene rings is 1. The molecule has 0 saturated carbocycles. The van der Waals surface area contributed by atoms with Crippen molar-refractivity contribution in [2.24, 2.45) is 5.92 Å². The van der Waals surface area contributed by atoms with Crippen molar-refractivity contribution in [1.29, 1.82) is 0 Å². The van der Waals surface area contributed by atoms with E-state index in [0.29, 0.717) is 18.0 Å². The fraction of sp³-hybridized carbons (Fsp3) is 0.409. The van der Waals surface area contributed by atoms with E-state index >= 15 is 0 Å². The van der Waals surface area contributed by atoms with Crippen LogP contribution >= 0.6 is 0 Å². The van der Waals surface area contributed by atoms with Crippen molar-refractivity contribution >= 4 is 17.8 Å². The van der Waals surface area contributed by atoms with E-state index in [4.69, 9.17) is 4.98 Å². The van der Waals surface area contributed by atoms with Gasteiger partial charge in [-0.15, -0.1) is 0 Å². The van der Waals surface area contributed by atoms with Crippen molar-refractivity contribution in [3.8, 4) is 0 Å². The van der Waals surface area contributed by atoms with Gasteiger partial charge in [0.1, 0.15) is 0 Å². The average Bonchev–Trinajstić information content (AvgIpc) is 2.67. The zero-order valence-corrected chi connectivity index (χ0v) is 15.3. The largest absolute Gasteiger partial charge is 0.338 e. The van der Waals surface area contributed by atoms with Crippen molar-refractivity contribution in [2.45, 2.75) is 45.1 Å². The Morgan fingerprint density at radius 1 is 1.15 bits per heavy atom. The summed E-state index contributed by atoms with van der Waals surface area (Å²) in [6, 6.07) is 10.7. The highest BCUT2D eigenvalue weighted by Gasteiger charge is 2.27. The first-order valence-electron chi connectivity index (χ1n) is 9.60. The van der Waals surface area contributed by atoms with Gasteiger partial charge >= 0.3 is 0 Å². The molecular weight excluding hydrogens is 322 g/mol. The summed E-state index contributed by atoms with van der Waals surface area (Å²) in [6.07, 6.45) is 11.0. The van der Waals surface area contributed by atoms with E-state index in [1.807, 2.05) is 18.2 Å². The smallest absolute Gasteiger partial charge is 0.225 e. The Kier molecular flexibility index (Phi) is 4.83. The quantitative estimate of drug-likeness (QED) is 0.830. The van der Waals surface area contributed by atoms with Crippen molar-refractivity contribution in [1.82, 2.24) is 9.97 Å². The highest BCUT2D eigenvalue weighted by atomic mass is 16.1. The molecule has 1 aromatic heterocycles. The lowest BCUT2D eigenvalue weighted by molar-refractivity contribution is 0.0957. The second kappa shape index (κ2) is 7.40. The number of fused-ring (bicyclic) bond motifs is 1. The first-order chi connectivity index (χ1) is 12.7. The van der Waals surface area contributed by atoms with Gasteiger partial charge in [-0.3, -0.25) is 4.79 Å². The Balaban J connectivity index is 1.55. The molecule has 1 saturated heterocycles. The van der Waals surface area contributed by atoms with Crippen LogP contribution in [-0.4, -0.2) is 28.3 Å². The standard InChI is InChI=1S/C22H25N3O/c1-16-7-5-6-12-25(16)22-23-15-19-20(24-22)13-18(14-21(19)26)11-10-17-8-3-2-4-9-17/h2-4,8-11,15-16,18H,5-7,12-14H2,1H3/b11-10+/t16-,18-/m1/s1. The number of aromatic nitrogens is 2. The summed E-state index contributed by atoms with van der Waals surface area (Å²) in [6.45, 7) is 3.24. The maximum atomic E-state index is 12.5. The first kappa shape index (κ1) is 17.0. The molecule has 26 heavy (non-hydrogen) atoms. The third-order valence-corrected chi connectivity index (χ3v) is 5.48. The van der Waals surface area contributed by atoms with Gasteiger partial charge in [-0.25, -0.2) is 9.97 Å². The Labute approximate surface area is 155 Å². The zero-order valence-electron chi connectivity index (χ0n) is 15.3. The van der Waals surface area contributed by atoms with Gasteiger partial charge in [0.15, 0.2) is 5.78 Å². The third-order valence-electron chi connectivity index (χ3n) is 5.48. The Hall–Kier alpha value is -2.49. The normalized spacial score (nSPS) is 23.3. The molecule has 1 aliphatic heterocycles. The molecule has 1 aromatic carbocycles. The van der Waals surface area contributed by atoms with Crippen molar-refractivity contribution in [3.63, 3.8) is 0 Å². The molecule has 2 aliphatic rings. The van der Waals surface area contributed by atoms with Crippen LogP contribution in [0.15, 0.2) is 42.6 Å². The van der Waals surface area contributed by atoms with Gasteiger partial charge in [-0.2, -0.15) is 0 Å². The summed E-state index contributed by atoms with van der Waals surface area (Å²) in [4.78, 5) is 24.1. The zero-order chi connectivity index (χ0) is 17.9. The van der Waals surface area contributed by atoms with Crippen LogP contribution < -0.4 is 4.90 Å². The second-order valence-corrected chi connectivity index (χ2v) is 7.43. The molecular formula is C22H25N3O. The van der Waals surface area contributed by atoms with Gasteiger partial charge in [0, 0.05) is 25.2 Å². The molecule has 0 N–H and O–H groups in total. The minimum absolute atomic E-state index is 0.159. The van der Waals surface area contributed by atoms with Gasteiger partial charge < -0.3 is 4.90 Å². The molecule has 1 aliphatic carbocycles. The predicted octanol–water partition coefficient (Wildman–Crippen LogP) is 4.31. The van der Waals surface area contributed by atoms with Gasteiger partial charge in [-0.05, 0) is 44.1 Å². The summed E-state index contributed by atoms with van der Waals surface area (Å²) in [7, 11) is 0. The summed E-state index contributed by atoms with van der Waals surface area (Å²) in [5, 5.41) is 0. The number of carbonyl (C=O) groups excluding carboxylic acids is 1. The van der Waals surface area contributed by atoms with Crippen LogP contribution in [0.4, 0.5) is 5.95 Å². The number of anilines is 1.